The van der Waals surface area contributed by atoms with E-state index in [9.17, 15) is 9.59 Å². The highest BCUT2D eigenvalue weighted by Gasteiger charge is 2.05. The zero-order valence-corrected chi connectivity index (χ0v) is 19.7. The van der Waals surface area contributed by atoms with Crippen LogP contribution in [0.3, 0.4) is 0 Å². The third-order valence-electron chi connectivity index (χ3n) is 3.11. The average Bonchev–Trinajstić information content (AvgIpc) is 2.69. The van der Waals surface area contributed by atoms with Crippen molar-refractivity contribution in [1.29, 1.82) is 0 Å². The summed E-state index contributed by atoms with van der Waals surface area (Å²) in [6.07, 6.45) is 1.88. The van der Waals surface area contributed by atoms with Crippen molar-refractivity contribution in [2.24, 2.45) is 10.8 Å². The molecule has 0 unspecified atom stereocenters. The molecule has 6 nitrogen and oxygen atoms in total. The van der Waals surface area contributed by atoms with Gasteiger partial charge in [-0.15, -0.1) is 0 Å². The Morgan fingerprint density at radius 3 is 0.933 bits per heavy atom. The molecule has 2 aromatic rings. The number of hydrogen-bond donors (Lipinski definition) is 4. The quantitative estimate of drug-likeness (QED) is 0.401. The van der Waals surface area contributed by atoms with Crippen LogP contribution in [0.4, 0.5) is 22.7 Å². The summed E-state index contributed by atoms with van der Waals surface area (Å²) in [5.41, 5.74) is 14.4. The van der Waals surface area contributed by atoms with Crippen LogP contribution in [-0.4, -0.2) is 26.7 Å². The molecule has 2 rings (SSSR count). The summed E-state index contributed by atoms with van der Waals surface area (Å²) in [6.45, 7) is 11.2. The SMILES string of the molecule is CC(C)(C)C=O.CC(C)(C)C=O.CNc1ccc(N)cc1.CNc1ccc(N)cc1. The fraction of sp³-hybridized carbons (Fsp3) is 0.417. The summed E-state index contributed by atoms with van der Waals surface area (Å²) in [4.78, 5) is 19.7. The van der Waals surface area contributed by atoms with E-state index in [1.54, 1.807) is 0 Å². The molecule has 0 heterocycles. The number of carbonyl (C=O) groups is 2. The van der Waals surface area contributed by atoms with Crippen molar-refractivity contribution in [3.05, 3.63) is 48.5 Å². The highest BCUT2D eigenvalue weighted by atomic mass is 16.1. The molecule has 6 heteroatoms. The van der Waals surface area contributed by atoms with Crippen LogP contribution in [0.1, 0.15) is 41.5 Å². The highest BCUT2D eigenvalue weighted by molar-refractivity contribution is 5.57. The molecule has 0 aromatic heterocycles. The molecule has 0 amide bonds. The van der Waals surface area contributed by atoms with E-state index in [4.69, 9.17) is 11.5 Å². The largest absolute Gasteiger partial charge is 0.399 e. The Bertz CT molecular complexity index is 634. The maximum atomic E-state index is 9.83. The monoisotopic (exact) mass is 416 g/mol. The lowest BCUT2D eigenvalue weighted by atomic mass is 10.0. The van der Waals surface area contributed by atoms with Gasteiger partial charge in [0.15, 0.2) is 0 Å². The number of benzene rings is 2. The van der Waals surface area contributed by atoms with Crippen molar-refractivity contribution < 1.29 is 9.59 Å². The molecule has 0 radical (unpaired) electrons. The number of nitrogens with two attached hydrogens (primary N) is 2. The zero-order chi connectivity index (χ0) is 23.8. The number of carbonyl (C=O) groups excluding carboxylic acids is 2. The predicted octanol–water partition coefficient (Wildman–Crippen LogP) is 5.08. The minimum Gasteiger partial charge on any atom is -0.399 e. The van der Waals surface area contributed by atoms with Gasteiger partial charge in [0.25, 0.3) is 0 Å². The van der Waals surface area contributed by atoms with Gasteiger partial charge in [0.1, 0.15) is 12.6 Å². The van der Waals surface area contributed by atoms with Gasteiger partial charge >= 0.3 is 0 Å². The molecule has 0 fully saturated rings. The van der Waals surface area contributed by atoms with Gasteiger partial charge in [-0.2, -0.15) is 0 Å². The molecular formula is C24H40N4O2. The third-order valence-corrected chi connectivity index (χ3v) is 3.11. The van der Waals surface area contributed by atoms with E-state index in [0.717, 1.165) is 35.3 Å². The first-order valence-electron chi connectivity index (χ1n) is 9.77. The second kappa shape index (κ2) is 14.9. The summed E-state index contributed by atoms with van der Waals surface area (Å²) < 4.78 is 0. The van der Waals surface area contributed by atoms with Crippen molar-refractivity contribution in [1.82, 2.24) is 0 Å². The summed E-state index contributed by atoms with van der Waals surface area (Å²) in [6, 6.07) is 15.2. The van der Waals surface area contributed by atoms with Gasteiger partial charge in [-0.3, -0.25) is 0 Å². The van der Waals surface area contributed by atoms with Crippen LogP contribution in [-0.2, 0) is 9.59 Å². The summed E-state index contributed by atoms with van der Waals surface area (Å²) in [7, 11) is 3.76. The Morgan fingerprint density at radius 1 is 0.600 bits per heavy atom. The molecule has 0 saturated carbocycles. The van der Waals surface area contributed by atoms with E-state index in [0.29, 0.717) is 0 Å². The van der Waals surface area contributed by atoms with Crippen LogP contribution in [0.5, 0.6) is 0 Å². The minimum absolute atomic E-state index is 0.139. The summed E-state index contributed by atoms with van der Waals surface area (Å²) in [5, 5.41) is 6.00. The molecule has 6 N–H and O–H groups in total. The maximum absolute atomic E-state index is 9.83. The third kappa shape index (κ3) is 19.7. The van der Waals surface area contributed by atoms with Gasteiger partial charge in [0, 0.05) is 47.7 Å². The first-order valence-corrected chi connectivity index (χ1v) is 9.77. The number of rotatable bonds is 2. The van der Waals surface area contributed by atoms with Crippen LogP contribution >= 0.6 is 0 Å². The zero-order valence-electron chi connectivity index (χ0n) is 19.7. The van der Waals surface area contributed by atoms with E-state index < -0.39 is 0 Å². The second-order valence-electron chi connectivity index (χ2n) is 8.71. The number of aldehydes is 2. The Hall–Kier alpha value is -3.02. The number of anilines is 4. The second-order valence-corrected chi connectivity index (χ2v) is 8.71. The molecule has 0 spiro atoms. The minimum atomic E-state index is -0.139. The van der Waals surface area contributed by atoms with Crippen molar-refractivity contribution in [3.8, 4) is 0 Å². The number of nitrogens with one attached hydrogen (secondary N) is 2. The highest BCUT2D eigenvalue weighted by Crippen LogP contribution is 2.09. The van der Waals surface area contributed by atoms with Gasteiger partial charge in [-0.25, -0.2) is 0 Å². The normalized spacial score (nSPS) is 9.87. The molecule has 0 aliphatic heterocycles. The van der Waals surface area contributed by atoms with Crippen molar-refractivity contribution in [2.45, 2.75) is 41.5 Å². The maximum Gasteiger partial charge on any atom is 0.125 e. The standard InChI is InChI=1S/2C7H10N2.2C5H10O/c2*1-9-7-4-2-6(8)3-5-7;2*1-5(2,3)4-6/h2*2-5,9H,8H2,1H3;2*4H,1-3H3. The van der Waals surface area contributed by atoms with Gasteiger partial charge in [-0.1, -0.05) is 41.5 Å². The Balaban J connectivity index is 0. The molecule has 0 aliphatic rings. The molecule has 0 atom stereocenters. The summed E-state index contributed by atoms with van der Waals surface area (Å²) >= 11 is 0. The van der Waals surface area contributed by atoms with Crippen molar-refractivity contribution in [2.75, 3.05) is 36.2 Å². The van der Waals surface area contributed by atoms with Crippen molar-refractivity contribution in [3.63, 3.8) is 0 Å². The first-order chi connectivity index (χ1) is 13.8. The smallest absolute Gasteiger partial charge is 0.125 e. The van der Waals surface area contributed by atoms with Crippen LogP contribution < -0.4 is 22.1 Å². The lowest BCUT2D eigenvalue weighted by Crippen LogP contribution is -2.04. The van der Waals surface area contributed by atoms with E-state index in [1.165, 1.54) is 0 Å². The fourth-order valence-corrected chi connectivity index (χ4v) is 1.30. The van der Waals surface area contributed by atoms with E-state index in [1.807, 2.05) is 104 Å². The van der Waals surface area contributed by atoms with E-state index >= 15 is 0 Å². The van der Waals surface area contributed by atoms with E-state index in [-0.39, 0.29) is 10.8 Å². The Morgan fingerprint density at radius 2 is 0.800 bits per heavy atom. The van der Waals surface area contributed by atoms with Crippen LogP contribution in [0.2, 0.25) is 0 Å². The molecule has 168 valence electrons. The van der Waals surface area contributed by atoms with Gasteiger partial charge in [0.05, 0.1) is 0 Å². The summed E-state index contributed by atoms with van der Waals surface area (Å²) in [5.74, 6) is 0. The fourth-order valence-electron chi connectivity index (χ4n) is 1.30. The molecule has 0 saturated heterocycles. The van der Waals surface area contributed by atoms with Gasteiger partial charge in [-0.05, 0) is 48.5 Å². The van der Waals surface area contributed by atoms with E-state index in [2.05, 4.69) is 10.6 Å². The van der Waals surface area contributed by atoms with Gasteiger partial charge < -0.3 is 31.7 Å². The molecule has 2 aromatic carbocycles. The topological polar surface area (TPSA) is 110 Å². The number of hydrogen-bond acceptors (Lipinski definition) is 6. The van der Waals surface area contributed by atoms with Crippen LogP contribution in [0, 0.1) is 10.8 Å². The average molecular weight is 417 g/mol. The van der Waals surface area contributed by atoms with Crippen LogP contribution in [0.25, 0.3) is 0 Å². The first kappa shape index (κ1) is 29.2. The van der Waals surface area contributed by atoms with Crippen LogP contribution in [0.15, 0.2) is 48.5 Å². The Kier molecular flexibility index (Phi) is 14.5. The van der Waals surface area contributed by atoms with Gasteiger partial charge in [0.2, 0.25) is 0 Å². The lowest BCUT2D eigenvalue weighted by molar-refractivity contribution is -0.114. The molecular weight excluding hydrogens is 376 g/mol. The predicted molar refractivity (Wildman–Crippen MR) is 132 cm³/mol. The Labute approximate surface area is 182 Å². The lowest BCUT2D eigenvalue weighted by Gasteiger charge is -2.03. The molecule has 30 heavy (non-hydrogen) atoms. The molecule has 0 aliphatic carbocycles. The number of nitrogen functional groups attached to an aromatic ring is 2. The van der Waals surface area contributed by atoms with Crippen molar-refractivity contribution >= 4 is 35.3 Å². The molecule has 0 bridgehead atoms.